The predicted octanol–water partition coefficient (Wildman–Crippen LogP) is 2.93. The van der Waals surface area contributed by atoms with Crippen LogP contribution in [0.3, 0.4) is 0 Å². The number of anilines is 1. The number of rotatable bonds is 2. The first-order valence-electron chi connectivity index (χ1n) is 6.82. The molecule has 6 nitrogen and oxygen atoms in total. The smallest absolute Gasteiger partial charge is 0.271 e. The Hall–Kier alpha value is -1.95. The van der Waals surface area contributed by atoms with E-state index < -0.39 is 4.92 Å². The van der Waals surface area contributed by atoms with E-state index in [4.69, 9.17) is 11.6 Å². The highest BCUT2D eigenvalue weighted by atomic mass is 35.5. The fourth-order valence-electron chi connectivity index (χ4n) is 3.19. The van der Waals surface area contributed by atoms with Gasteiger partial charge in [0.25, 0.3) is 5.69 Å². The number of nitro groups is 1. The first-order chi connectivity index (χ1) is 10.0. The van der Waals surface area contributed by atoms with Crippen molar-refractivity contribution in [1.82, 2.24) is 0 Å². The van der Waals surface area contributed by atoms with Crippen LogP contribution in [0.15, 0.2) is 18.2 Å². The van der Waals surface area contributed by atoms with Gasteiger partial charge in [0.05, 0.1) is 27.5 Å². The van der Waals surface area contributed by atoms with Crippen molar-refractivity contribution in [2.24, 2.45) is 11.8 Å². The quantitative estimate of drug-likeness (QED) is 0.478. The number of nitrogens with zero attached hydrogens (tertiary/aromatic N) is 2. The van der Waals surface area contributed by atoms with E-state index in [9.17, 15) is 19.7 Å². The molecule has 1 aromatic carbocycles. The lowest BCUT2D eigenvalue weighted by atomic mass is 9.81. The minimum Gasteiger partial charge on any atom is -0.274 e. The van der Waals surface area contributed by atoms with Gasteiger partial charge in [0.2, 0.25) is 11.8 Å². The topological polar surface area (TPSA) is 80.5 Å². The predicted molar refractivity (Wildman–Crippen MR) is 76.0 cm³/mol. The van der Waals surface area contributed by atoms with Gasteiger partial charge in [-0.1, -0.05) is 24.4 Å². The van der Waals surface area contributed by atoms with E-state index in [2.05, 4.69) is 0 Å². The number of carbonyl (C=O) groups is 2. The maximum atomic E-state index is 12.4. The third kappa shape index (κ3) is 2.19. The van der Waals surface area contributed by atoms with Gasteiger partial charge in [0.1, 0.15) is 0 Å². The molecule has 1 aliphatic carbocycles. The summed E-state index contributed by atoms with van der Waals surface area (Å²) in [6, 6.07) is 3.79. The molecule has 2 fully saturated rings. The Kier molecular flexibility index (Phi) is 3.41. The zero-order chi connectivity index (χ0) is 15.1. The van der Waals surface area contributed by atoms with Crippen molar-refractivity contribution in [3.8, 4) is 0 Å². The Labute approximate surface area is 125 Å². The first kappa shape index (κ1) is 14.0. The molecule has 0 N–H and O–H groups in total. The van der Waals surface area contributed by atoms with Crippen molar-refractivity contribution < 1.29 is 14.5 Å². The second kappa shape index (κ2) is 5.11. The van der Waals surface area contributed by atoms with Crippen LogP contribution in [0.5, 0.6) is 0 Å². The van der Waals surface area contributed by atoms with E-state index >= 15 is 0 Å². The van der Waals surface area contributed by atoms with Crippen LogP contribution in [-0.4, -0.2) is 16.7 Å². The molecule has 1 aromatic rings. The third-order valence-electron chi connectivity index (χ3n) is 4.22. The van der Waals surface area contributed by atoms with Crippen LogP contribution in [0, 0.1) is 22.0 Å². The van der Waals surface area contributed by atoms with Crippen molar-refractivity contribution in [3.05, 3.63) is 33.3 Å². The number of hydrogen-bond donors (Lipinski definition) is 0. The molecule has 1 saturated carbocycles. The summed E-state index contributed by atoms with van der Waals surface area (Å²) in [5.41, 5.74) is 0.0759. The summed E-state index contributed by atoms with van der Waals surface area (Å²) in [6.45, 7) is 0. The molecular formula is C14H13ClN2O4. The number of benzene rings is 1. The Balaban J connectivity index is 1.98. The summed E-state index contributed by atoms with van der Waals surface area (Å²) in [7, 11) is 0. The fraction of sp³-hybridized carbons (Fsp3) is 0.429. The van der Waals surface area contributed by atoms with Crippen molar-refractivity contribution in [2.75, 3.05) is 4.90 Å². The molecule has 2 amide bonds. The van der Waals surface area contributed by atoms with E-state index in [1.165, 1.54) is 18.2 Å². The van der Waals surface area contributed by atoms with Crippen molar-refractivity contribution in [2.45, 2.75) is 25.7 Å². The van der Waals surface area contributed by atoms with E-state index in [1.807, 2.05) is 0 Å². The molecule has 0 spiro atoms. The molecule has 1 saturated heterocycles. The van der Waals surface area contributed by atoms with Gasteiger partial charge < -0.3 is 0 Å². The van der Waals surface area contributed by atoms with Gasteiger partial charge in [-0.2, -0.15) is 0 Å². The molecule has 0 radical (unpaired) electrons. The van der Waals surface area contributed by atoms with Crippen molar-refractivity contribution >= 4 is 34.8 Å². The summed E-state index contributed by atoms with van der Waals surface area (Å²) in [5.74, 6) is -1.00. The number of halogens is 1. The summed E-state index contributed by atoms with van der Waals surface area (Å²) in [6.07, 6.45) is 3.33. The SMILES string of the molecule is O=C1[C@@H]2CCCC[C@H]2C(=O)N1c1ccc([N+](=O)[O-])cc1Cl. The number of nitro benzene ring substituents is 1. The van der Waals surface area contributed by atoms with Gasteiger partial charge >= 0.3 is 0 Å². The minimum atomic E-state index is -0.566. The van der Waals surface area contributed by atoms with Crippen LogP contribution >= 0.6 is 11.6 Å². The van der Waals surface area contributed by atoms with Crippen LogP contribution < -0.4 is 4.90 Å². The minimum absolute atomic E-state index is 0.0459. The molecule has 0 aromatic heterocycles. The summed E-state index contributed by atoms with van der Waals surface area (Å²) in [4.78, 5) is 36.1. The molecule has 2 atom stereocenters. The van der Waals surface area contributed by atoms with Gasteiger partial charge in [0, 0.05) is 12.1 Å². The zero-order valence-corrected chi connectivity index (χ0v) is 11.9. The molecule has 7 heteroatoms. The molecule has 3 rings (SSSR count). The highest BCUT2D eigenvalue weighted by Gasteiger charge is 2.49. The number of carbonyl (C=O) groups excluding carboxylic acids is 2. The zero-order valence-electron chi connectivity index (χ0n) is 11.1. The van der Waals surface area contributed by atoms with Gasteiger partial charge in [-0.15, -0.1) is 0 Å². The lowest BCUT2D eigenvalue weighted by Crippen LogP contribution is -2.31. The largest absolute Gasteiger partial charge is 0.274 e. The Morgan fingerprint density at radius 1 is 1.14 bits per heavy atom. The van der Waals surface area contributed by atoms with Crippen LogP contribution in [0.1, 0.15) is 25.7 Å². The second-order valence-electron chi connectivity index (χ2n) is 5.40. The number of amides is 2. The summed E-state index contributed by atoms with van der Waals surface area (Å²) >= 11 is 6.03. The highest BCUT2D eigenvalue weighted by Crippen LogP contribution is 2.42. The molecule has 110 valence electrons. The average Bonchev–Trinajstić information content (AvgIpc) is 2.72. The van der Waals surface area contributed by atoms with Crippen molar-refractivity contribution in [3.63, 3.8) is 0 Å². The Morgan fingerprint density at radius 2 is 1.71 bits per heavy atom. The number of non-ortho nitro benzene ring substituents is 1. The lowest BCUT2D eigenvalue weighted by molar-refractivity contribution is -0.384. The molecule has 0 bridgehead atoms. The number of fused-ring (bicyclic) bond motifs is 1. The van der Waals surface area contributed by atoms with E-state index in [0.717, 1.165) is 30.6 Å². The highest BCUT2D eigenvalue weighted by molar-refractivity contribution is 6.36. The van der Waals surface area contributed by atoms with E-state index in [0.29, 0.717) is 0 Å². The molecule has 0 unspecified atom stereocenters. The standard InChI is InChI=1S/C14H13ClN2O4/c15-11-7-8(17(20)21)5-6-12(11)16-13(18)9-3-1-2-4-10(9)14(16)19/h5-7,9-10H,1-4H2/t9-,10-/m1/s1. The normalized spacial score (nSPS) is 25.1. The van der Waals surface area contributed by atoms with Gasteiger partial charge in [0.15, 0.2) is 0 Å². The van der Waals surface area contributed by atoms with Crippen LogP contribution in [-0.2, 0) is 9.59 Å². The maximum absolute atomic E-state index is 12.4. The second-order valence-corrected chi connectivity index (χ2v) is 5.81. The summed E-state index contributed by atoms with van der Waals surface area (Å²) < 4.78 is 0. The fourth-order valence-corrected chi connectivity index (χ4v) is 3.45. The van der Waals surface area contributed by atoms with E-state index in [1.54, 1.807) is 0 Å². The first-order valence-corrected chi connectivity index (χ1v) is 7.20. The van der Waals surface area contributed by atoms with Crippen LogP contribution in [0.4, 0.5) is 11.4 Å². The lowest BCUT2D eigenvalue weighted by Gasteiger charge is -2.19. The van der Waals surface area contributed by atoms with Crippen LogP contribution in [0.25, 0.3) is 0 Å². The molecule has 2 aliphatic rings. The van der Waals surface area contributed by atoms with E-state index in [-0.39, 0.29) is 40.0 Å². The molecule has 1 aliphatic heterocycles. The number of imide groups is 1. The number of hydrogen-bond acceptors (Lipinski definition) is 4. The van der Waals surface area contributed by atoms with Gasteiger partial charge in [-0.05, 0) is 18.9 Å². The van der Waals surface area contributed by atoms with Crippen molar-refractivity contribution in [1.29, 1.82) is 0 Å². The average molecular weight is 309 g/mol. The molecule has 21 heavy (non-hydrogen) atoms. The molecular weight excluding hydrogens is 296 g/mol. The Bertz CT molecular complexity index is 622. The summed E-state index contributed by atoms with van der Waals surface area (Å²) in [5, 5.41) is 10.8. The maximum Gasteiger partial charge on any atom is 0.271 e. The monoisotopic (exact) mass is 308 g/mol. The van der Waals surface area contributed by atoms with Gasteiger partial charge in [-0.3, -0.25) is 19.7 Å². The van der Waals surface area contributed by atoms with Gasteiger partial charge in [-0.25, -0.2) is 4.90 Å². The Morgan fingerprint density at radius 3 is 2.19 bits per heavy atom. The third-order valence-corrected chi connectivity index (χ3v) is 4.53. The molecule has 1 heterocycles. The van der Waals surface area contributed by atoms with Crippen LogP contribution in [0.2, 0.25) is 5.02 Å².